The second kappa shape index (κ2) is 14.1. The summed E-state index contributed by atoms with van der Waals surface area (Å²) in [6.45, 7) is 3.49. The summed E-state index contributed by atoms with van der Waals surface area (Å²) in [5, 5.41) is 2.95. The number of amides is 1. The van der Waals surface area contributed by atoms with Crippen molar-refractivity contribution in [3.05, 3.63) is 112 Å². The van der Waals surface area contributed by atoms with Crippen LogP contribution in [0.4, 0.5) is 5.69 Å². The van der Waals surface area contributed by atoms with Crippen LogP contribution in [0.15, 0.2) is 87.8 Å². The quantitative estimate of drug-likeness (QED) is 0.189. The lowest BCUT2D eigenvalue weighted by atomic mass is 9.95. The van der Waals surface area contributed by atoms with Crippen molar-refractivity contribution < 1.29 is 28.5 Å². The monoisotopic (exact) mass is 739 g/mol. The molecule has 5 rings (SSSR count). The molecule has 0 saturated carbocycles. The minimum Gasteiger partial charge on any atom is -0.497 e. The van der Waals surface area contributed by atoms with Gasteiger partial charge in [-0.15, -0.1) is 0 Å². The standard InChI is InChI=1S/C33H30IN3O7S/c1-5-43-27(38)18-44-30-24(34)15-20(16-25(30)42-4)17-26-32(40)37-29(21-11-13-23(41-3)14-12-21)28(19(2)35-33(37)45-26)31(39)36-22-9-7-6-8-10-22/h6-17,29H,5,18H2,1-4H3,(H,36,39)/b26-17+/t29-/m1/s1. The SMILES string of the molecule is CCOC(=O)COc1c(I)cc(/C=c2/sc3n(c2=O)[C@H](c2ccc(OC)cc2)C(C(=O)Nc2ccccc2)=C(C)N=3)cc1OC. The van der Waals surface area contributed by atoms with Crippen molar-refractivity contribution in [3.8, 4) is 17.2 Å². The third kappa shape index (κ3) is 6.96. The molecule has 1 aromatic heterocycles. The fourth-order valence-corrected chi connectivity index (χ4v) is 6.71. The van der Waals surface area contributed by atoms with Gasteiger partial charge in [-0.3, -0.25) is 14.2 Å². The van der Waals surface area contributed by atoms with Gasteiger partial charge in [-0.2, -0.15) is 0 Å². The fourth-order valence-electron chi connectivity index (χ4n) is 4.88. The zero-order valence-corrected chi connectivity index (χ0v) is 27.9. The van der Waals surface area contributed by atoms with E-state index in [9.17, 15) is 14.4 Å². The van der Waals surface area contributed by atoms with Gasteiger partial charge in [-0.05, 0) is 90.0 Å². The van der Waals surface area contributed by atoms with Crippen molar-refractivity contribution in [1.29, 1.82) is 0 Å². The summed E-state index contributed by atoms with van der Waals surface area (Å²) in [5.74, 6) is 0.612. The molecule has 0 unspecified atom stereocenters. The zero-order valence-electron chi connectivity index (χ0n) is 25.0. The molecule has 0 aliphatic carbocycles. The first-order valence-corrected chi connectivity index (χ1v) is 15.8. The molecular weight excluding hydrogens is 709 g/mol. The molecule has 4 aromatic rings. The van der Waals surface area contributed by atoms with E-state index in [2.05, 4.69) is 27.9 Å². The Bertz CT molecular complexity index is 1950. The van der Waals surface area contributed by atoms with Crippen molar-refractivity contribution >= 4 is 57.6 Å². The number of halogens is 1. The maximum Gasteiger partial charge on any atom is 0.344 e. The number of benzene rings is 3. The number of anilines is 1. The number of carbonyl (C=O) groups excluding carboxylic acids is 2. The molecule has 0 bridgehead atoms. The molecule has 232 valence electrons. The lowest BCUT2D eigenvalue weighted by Gasteiger charge is -2.25. The Morgan fingerprint density at radius 3 is 2.47 bits per heavy atom. The molecule has 0 radical (unpaired) electrons. The lowest BCUT2D eigenvalue weighted by Crippen LogP contribution is -2.40. The molecule has 3 aromatic carbocycles. The summed E-state index contributed by atoms with van der Waals surface area (Å²) in [4.78, 5) is 44.9. The number of methoxy groups -OCH3 is 2. The molecule has 0 saturated heterocycles. The Kier molecular flexibility index (Phi) is 10.0. The second-order valence-electron chi connectivity index (χ2n) is 9.80. The first-order chi connectivity index (χ1) is 21.7. The lowest BCUT2D eigenvalue weighted by molar-refractivity contribution is -0.145. The Balaban J connectivity index is 1.59. The number of para-hydroxylation sites is 1. The number of thiazole rings is 1. The first-order valence-electron chi connectivity index (χ1n) is 13.9. The summed E-state index contributed by atoms with van der Waals surface area (Å²) in [5.41, 5.74) is 2.62. The molecule has 2 heterocycles. The topological polar surface area (TPSA) is 117 Å². The number of nitrogens with one attached hydrogen (secondary N) is 1. The van der Waals surface area contributed by atoms with Crippen LogP contribution in [0.2, 0.25) is 0 Å². The van der Waals surface area contributed by atoms with Crippen LogP contribution < -0.4 is 34.4 Å². The van der Waals surface area contributed by atoms with Crippen LogP contribution in [-0.4, -0.2) is 43.9 Å². The second-order valence-corrected chi connectivity index (χ2v) is 12.0. The van der Waals surface area contributed by atoms with Gasteiger partial charge >= 0.3 is 5.97 Å². The van der Waals surface area contributed by atoms with Gasteiger partial charge in [0.15, 0.2) is 22.9 Å². The molecule has 0 spiro atoms. The summed E-state index contributed by atoms with van der Waals surface area (Å²) in [6.07, 6.45) is 1.75. The highest BCUT2D eigenvalue weighted by Crippen LogP contribution is 2.35. The van der Waals surface area contributed by atoms with Gasteiger partial charge in [-0.1, -0.05) is 41.7 Å². The average Bonchev–Trinajstić information content (AvgIpc) is 3.33. The van der Waals surface area contributed by atoms with Gasteiger partial charge in [0.05, 0.1) is 46.2 Å². The van der Waals surface area contributed by atoms with Crippen LogP contribution in [0.5, 0.6) is 17.2 Å². The van der Waals surface area contributed by atoms with Gasteiger partial charge in [0.2, 0.25) is 0 Å². The summed E-state index contributed by atoms with van der Waals surface area (Å²) in [6, 6.07) is 19.2. The van der Waals surface area contributed by atoms with Crippen LogP contribution in [-0.2, 0) is 14.3 Å². The molecule has 10 nitrogen and oxygen atoms in total. The molecule has 45 heavy (non-hydrogen) atoms. The van der Waals surface area contributed by atoms with E-state index >= 15 is 0 Å². The Labute approximate surface area is 276 Å². The Morgan fingerprint density at radius 1 is 1.07 bits per heavy atom. The van der Waals surface area contributed by atoms with Gasteiger partial charge in [0, 0.05) is 5.69 Å². The molecular formula is C33H30IN3O7S. The summed E-state index contributed by atoms with van der Waals surface area (Å²) >= 11 is 3.32. The van der Waals surface area contributed by atoms with Gasteiger partial charge in [0.1, 0.15) is 5.75 Å². The van der Waals surface area contributed by atoms with Crippen LogP contribution >= 0.6 is 33.9 Å². The molecule has 1 aliphatic heterocycles. The number of fused-ring (bicyclic) bond motifs is 1. The third-order valence-corrected chi connectivity index (χ3v) is 8.70. The van der Waals surface area contributed by atoms with Gasteiger partial charge in [0.25, 0.3) is 11.5 Å². The molecule has 0 fully saturated rings. The molecule has 12 heteroatoms. The predicted molar refractivity (Wildman–Crippen MR) is 180 cm³/mol. The van der Waals surface area contributed by atoms with E-state index < -0.39 is 12.0 Å². The minimum atomic E-state index is -0.730. The summed E-state index contributed by atoms with van der Waals surface area (Å²) < 4.78 is 24.2. The number of carbonyl (C=O) groups is 2. The third-order valence-electron chi connectivity index (χ3n) is 6.92. The van der Waals surface area contributed by atoms with E-state index in [0.717, 1.165) is 5.56 Å². The van der Waals surface area contributed by atoms with Crippen molar-refractivity contribution in [3.63, 3.8) is 0 Å². The van der Waals surface area contributed by atoms with E-state index in [1.165, 1.54) is 18.4 Å². The van der Waals surface area contributed by atoms with Gasteiger partial charge in [-0.25, -0.2) is 9.79 Å². The molecule has 1 N–H and O–H groups in total. The van der Waals surface area contributed by atoms with E-state index in [1.54, 1.807) is 61.9 Å². The van der Waals surface area contributed by atoms with Crippen LogP contribution in [0, 0.1) is 3.57 Å². The number of rotatable bonds is 10. The van der Waals surface area contributed by atoms with E-state index in [4.69, 9.17) is 23.9 Å². The number of ether oxygens (including phenoxy) is 4. The Morgan fingerprint density at radius 2 is 1.80 bits per heavy atom. The smallest absolute Gasteiger partial charge is 0.344 e. The number of aromatic nitrogens is 1. The molecule has 1 aliphatic rings. The van der Waals surface area contributed by atoms with Crippen molar-refractivity contribution in [2.24, 2.45) is 4.99 Å². The van der Waals surface area contributed by atoms with Crippen LogP contribution in [0.1, 0.15) is 31.0 Å². The maximum atomic E-state index is 14.1. The van der Waals surface area contributed by atoms with Gasteiger partial charge < -0.3 is 24.3 Å². The number of nitrogens with zero attached hydrogens (tertiary/aromatic N) is 2. The molecule has 1 atom stereocenters. The minimum absolute atomic E-state index is 0.254. The highest BCUT2D eigenvalue weighted by Gasteiger charge is 2.32. The highest BCUT2D eigenvalue weighted by atomic mass is 127. The average molecular weight is 740 g/mol. The van der Waals surface area contributed by atoms with E-state index in [1.807, 2.05) is 36.4 Å². The largest absolute Gasteiger partial charge is 0.497 e. The van der Waals surface area contributed by atoms with Crippen molar-refractivity contribution in [2.75, 3.05) is 32.8 Å². The highest BCUT2D eigenvalue weighted by molar-refractivity contribution is 14.1. The fraction of sp³-hybridized carbons (Fsp3) is 0.212. The number of hydrogen-bond acceptors (Lipinski definition) is 9. The van der Waals surface area contributed by atoms with Crippen molar-refractivity contribution in [1.82, 2.24) is 4.57 Å². The first kappa shape index (κ1) is 32.0. The number of allylic oxidation sites excluding steroid dienone is 1. The zero-order chi connectivity index (χ0) is 32.1. The molecule has 1 amide bonds. The van der Waals surface area contributed by atoms with E-state index in [0.29, 0.717) is 52.7 Å². The van der Waals surface area contributed by atoms with E-state index in [-0.39, 0.29) is 24.7 Å². The maximum absolute atomic E-state index is 14.1. The Hall–Kier alpha value is -4.43. The summed E-state index contributed by atoms with van der Waals surface area (Å²) in [7, 11) is 3.08. The number of hydrogen-bond donors (Lipinski definition) is 1. The normalized spacial score (nSPS) is 14.3. The van der Waals surface area contributed by atoms with Crippen molar-refractivity contribution in [2.45, 2.75) is 19.9 Å². The van der Waals surface area contributed by atoms with Crippen LogP contribution in [0.3, 0.4) is 0 Å². The predicted octanol–water partition coefficient (Wildman–Crippen LogP) is 4.44. The van der Waals surface area contributed by atoms with Crippen LogP contribution in [0.25, 0.3) is 6.08 Å². The number of esters is 1.